The van der Waals surface area contributed by atoms with Crippen molar-refractivity contribution in [3.8, 4) is 5.88 Å². The summed E-state index contributed by atoms with van der Waals surface area (Å²) in [6, 6.07) is 2.37. The van der Waals surface area contributed by atoms with Gasteiger partial charge in [-0.2, -0.15) is 4.98 Å². The summed E-state index contributed by atoms with van der Waals surface area (Å²) in [5, 5.41) is 3.55. The Morgan fingerprint density at radius 3 is 2.81 bits per heavy atom. The van der Waals surface area contributed by atoms with Crippen molar-refractivity contribution < 1.29 is 4.74 Å². The molecule has 2 heterocycles. The number of rotatable bonds is 7. The second-order valence-electron chi connectivity index (χ2n) is 6.45. The molecular weight excluding hydrogens is 264 g/mol. The molecule has 0 radical (unpaired) electrons. The van der Waals surface area contributed by atoms with E-state index in [-0.39, 0.29) is 6.10 Å². The molecule has 0 amide bonds. The lowest BCUT2D eigenvalue weighted by molar-refractivity contribution is 0.232. The van der Waals surface area contributed by atoms with Crippen LogP contribution in [-0.2, 0) is 0 Å². The standard InChI is InChI=1S/C16H28N4O/c1-12(2)10-20(11-14-6-5-8-17-14)16-18-9-7-15(19-16)21-13(3)4/h7,9,12-14,17H,5-6,8,10-11H2,1-4H3. The quantitative estimate of drug-likeness (QED) is 0.836. The molecule has 0 saturated carbocycles. The highest BCUT2D eigenvalue weighted by Gasteiger charge is 2.20. The highest BCUT2D eigenvalue weighted by atomic mass is 16.5. The molecule has 5 nitrogen and oxygen atoms in total. The van der Waals surface area contributed by atoms with Gasteiger partial charge in [0.2, 0.25) is 11.8 Å². The minimum Gasteiger partial charge on any atom is -0.475 e. The van der Waals surface area contributed by atoms with Gasteiger partial charge in [0.1, 0.15) is 0 Å². The van der Waals surface area contributed by atoms with Gasteiger partial charge in [0.25, 0.3) is 0 Å². The Morgan fingerprint density at radius 2 is 2.19 bits per heavy atom. The zero-order chi connectivity index (χ0) is 15.2. The molecular formula is C16H28N4O. The molecule has 1 unspecified atom stereocenters. The van der Waals surface area contributed by atoms with Crippen LogP contribution in [0.4, 0.5) is 5.95 Å². The van der Waals surface area contributed by atoms with Gasteiger partial charge in [-0.3, -0.25) is 0 Å². The summed E-state index contributed by atoms with van der Waals surface area (Å²) in [5.74, 6) is 2.00. The van der Waals surface area contributed by atoms with Crippen LogP contribution in [-0.4, -0.2) is 41.7 Å². The lowest BCUT2D eigenvalue weighted by Gasteiger charge is -2.27. The second kappa shape index (κ2) is 7.59. The average molecular weight is 292 g/mol. The Hall–Kier alpha value is -1.36. The maximum absolute atomic E-state index is 5.69. The summed E-state index contributed by atoms with van der Waals surface area (Å²) in [6.45, 7) is 11.5. The largest absolute Gasteiger partial charge is 0.475 e. The van der Waals surface area contributed by atoms with Crippen LogP contribution in [0.3, 0.4) is 0 Å². The van der Waals surface area contributed by atoms with Crippen LogP contribution in [0.1, 0.15) is 40.5 Å². The fourth-order valence-electron chi connectivity index (χ4n) is 2.65. The van der Waals surface area contributed by atoms with Gasteiger partial charge in [-0.05, 0) is 39.2 Å². The van der Waals surface area contributed by atoms with E-state index in [4.69, 9.17) is 4.74 Å². The van der Waals surface area contributed by atoms with Crippen LogP contribution in [0.15, 0.2) is 12.3 Å². The highest BCUT2D eigenvalue weighted by Crippen LogP contribution is 2.17. The van der Waals surface area contributed by atoms with Gasteiger partial charge < -0.3 is 15.0 Å². The smallest absolute Gasteiger partial charge is 0.228 e. The lowest BCUT2D eigenvalue weighted by Crippen LogP contribution is -2.40. The average Bonchev–Trinajstić information content (AvgIpc) is 2.90. The van der Waals surface area contributed by atoms with E-state index >= 15 is 0 Å². The molecule has 118 valence electrons. The van der Waals surface area contributed by atoms with E-state index in [0.717, 1.165) is 25.6 Å². The van der Waals surface area contributed by atoms with Crippen LogP contribution in [0, 0.1) is 5.92 Å². The molecule has 1 aliphatic rings. The maximum Gasteiger partial charge on any atom is 0.228 e. The van der Waals surface area contributed by atoms with Crippen LogP contribution < -0.4 is 15.0 Å². The van der Waals surface area contributed by atoms with Crippen molar-refractivity contribution in [2.75, 3.05) is 24.5 Å². The van der Waals surface area contributed by atoms with E-state index in [9.17, 15) is 0 Å². The van der Waals surface area contributed by atoms with Crippen molar-refractivity contribution in [3.05, 3.63) is 12.3 Å². The van der Waals surface area contributed by atoms with E-state index in [1.54, 1.807) is 6.20 Å². The van der Waals surface area contributed by atoms with E-state index in [2.05, 4.69) is 34.0 Å². The molecule has 1 aromatic heterocycles. The van der Waals surface area contributed by atoms with Crippen molar-refractivity contribution >= 4 is 5.95 Å². The second-order valence-corrected chi connectivity index (χ2v) is 6.45. The van der Waals surface area contributed by atoms with Crippen molar-refractivity contribution in [2.24, 2.45) is 5.92 Å². The van der Waals surface area contributed by atoms with Gasteiger partial charge in [0, 0.05) is 31.4 Å². The summed E-state index contributed by atoms with van der Waals surface area (Å²) in [5.41, 5.74) is 0. The van der Waals surface area contributed by atoms with E-state index in [0.29, 0.717) is 17.8 Å². The predicted molar refractivity (Wildman–Crippen MR) is 85.9 cm³/mol. The van der Waals surface area contributed by atoms with Crippen LogP contribution >= 0.6 is 0 Å². The number of aromatic nitrogens is 2. The number of hydrogen-bond donors (Lipinski definition) is 1. The molecule has 0 bridgehead atoms. The molecule has 1 aliphatic heterocycles. The summed E-state index contributed by atoms with van der Waals surface area (Å²) < 4.78 is 5.69. The fraction of sp³-hybridized carbons (Fsp3) is 0.750. The van der Waals surface area contributed by atoms with Crippen LogP contribution in [0.5, 0.6) is 5.88 Å². The first-order valence-electron chi connectivity index (χ1n) is 8.02. The number of hydrogen-bond acceptors (Lipinski definition) is 5. The normalized spacial score (nSPS) is 18.5. The summed E-state index contributed by atoms with van der Waals surface area (Å²) >= 11 is 0. The van der Waals surface area contributed by atoms with Crippen molar-refractivity contribution in [1.82, 2.24) is 15.3 Å². The Kier molecular flexibility index (Phi) is 5.79. The molecule has 0 aromatic carbocycles. The number of nitrogens with one attached hydrogen (secondary N) is 1. The lowest BCUT2D eigenvalue weighted by atomic mass is 10.1. The van der Waals surface area contributed by atoms with Crippen molar-refractivity contribution in [1.29, 1.82) is 0 Å². The number of ether oxygens (including phenoxy) is 1. The first kappa shape index (κ1) is 16.0. The molecule has 0 spiro atoms. The Balaban J connectivity index is 2.10. The molecule has 2 rings (SSSR count). The zero-order valence-electron chi connectivity index (χ0n) is 13.7. The molecule has 1 aromatic rings. The van der Waals surface area contributed by atoms with E-state index in [1.807, 2.05) is 19.9 Å². The fourth-order valence-corrected chi connectivity index (χ4v) is 2.65. The molecule has 21 heavy (non-hydrogen) atoms. The number of nitrogens with zero attached hydrogens (tertiary/aromatic N) is 3. The Labute approximate surface area is 128 Å². The van der Waals surface area contributed by atoms with E-state index in [1.165, 1.54) is 12.8 Å². The third-order valence-electron chi connectivity index (χ3n) is 3.45. The van der Waals surface area contributed by atoms with Crippen LogP contribution in [0.25, 0.3) is 0 Å². The van der Waals surface area contributed by atoms with Crippen LogP contribution in [0.2, 0.25) is 0 Å². The molecule has 1 fully saturated rings. The van der Waals surface area contributed by atoms with Crippen molar-refractivity contribution in [2.45, 2.75) is 52.7 Å². The first-order valence-corrected chi connectivity index (χ1v) is 8.02. The van der Waals surface area contributed by atoms with Crippen molar-refractivity contribution in [3.63, 3.8) is 0 Å². The third kappa shape index (κ3) is 5.16. The van der Waals surface area contributed by atoms with Gasteiger partial charge in [0.05, 0.1) is 6.10 Å². The number of anilines is 1. The topological polar surface area (TPSA) is 50.3 Å². The Morgan fingerprint density at radius 1 is 1.38 bits per heavy atom. The van der Waals surface area contributed by atoms with Gasteiger partial charge >= 0.3 is 0 Å². The zero-order valence-corrected chi connectivity index (χ0v) is 13.7. The first-order chi connectivity index (χ1) is 10.0. The summed E-state index contributed by atoms with van der Waals surface area (Å²) in [6.07, 6.45) is 4.41. The Bertz CT molecular complexity index is 430. The maximum atomic E-state index is 5.69. The third-order valence-corrected chi connectivity index (χ3v) is 3.45. The predicted octanol–water partition coefficient (Wildman–Crippen LogP) is 2.48. The SMILES string of the molecule is CC(C)CN(CC1CCCN1)c1nccc(OC(C)C)n1. The highest BCUT2D eigenvalue weighted by molar-refractivity contribution is 5.32. The molecule has 1 N–H and O–H groups in total. The minimum absolute atomic E-state index is 0.128. The van der Waals surface area contributed by atoms with Gasteiger partial charge in [-0.1, -0.05) is 13.8 Å². The summed E-state index contributed by atoms with van der Waals surface area (Å²) in [7, 11) is 0. The van der Waals surface area contributed by atoms with E-state index < -0.39 is 0 Å². The molecule has 1 atom stereocenters. The van der Waals surface area contributed by atoms with Gasteiger partial charge in [-0.25, -0.2) is 4.98 Å². The van der Waals surface area contributed by atoms with Gasteiger partial charge in [-0.15, -0.1) is 0 Å². The molecule has 1 saturated heterocycles. The monoisotopic (exact) mass is 292 g/mol. The minimum atomic E-state index is 0.128. The summed E-state index contributed by atoms with van der Waals surface area (Å²) in [4.78, 5) is 11.3. The molecule has 5 heteroatoms. The van der Waals surface area contributed by atoms with Gasteiger partial charge in [0.15, 0.2) is 0 Å². The molecule has 0 aliphatic carbocycles.